The van der Waals surface area contributed by atoms with Crippen molar-refractivity contribution in [3.8, 4) is 0 Å². The van der Waals surface area contributed by atoms with Gasteiger partial charge in [0.05, 0.1) is 17.7 Å². The lowest BCUT2D eigenvalue weighted by Gasteiger charge is -2.07. The zero-order valence-electron chi connectivity index (χ0n) is 9.87. The van der Waals surface area contributed by atoms with E-state index in [9.17, 15) is 19.3 Å². The Morgan fingerprint density at radius 2 is 2.30 bits per heavy atom. The predicted octanol–water partition coefficient (Wildman–Crippen LogP) is 2.03. The molecule has 0 radical (unpaired) electrons. The molecule has 0 unspecified atom stereocenters. The SMILES string of the molecule is O=C(O)c1cc([N+](=O)[O-])c(NCc2ccno2)cc1F. The molecule has 104 valence electrons. The molecule has 1 aromatic heterocycles. The number of carboxylic acid groups (broad SMARTS) is 1. The molecule has 2 rings (SSSR count). The van der Waals surface area contributed by atoms with Crippen molar-refractivity contribution in [2.24, 2.45) is 0 Å². The number of nitro groups is 1. The number of rotatable bonds is 5. The molecule has 0 fully saturated rings. The monoisotopic (exact) mass is 281 g/mol. The van der Waals surface area contributed by atoms with E-state index in [1.807, 2.05) is 0 Å². The molecule has 0 aliphatic carbocycles. The minimum absolute atomic E-state index is 0.0483. The highest BCUT2D eigenvalue weighted by molar-refractivity contribution is 5.90. The summed E-state index contributed by atoms with van der Waals surface area (Å²) in [5.41, 5.74) is -1.45. The van der Waals surface area contributed by atoms with Gasteiger partial charge in [0, 0.05) is 18.2 Å². The fraction of sp³-hybridized carbons (Fsp3) is 0.0909. The average molecular weight is 281 g/mol. The average Bonchev–Trinajstić information content (AvgIpc) is 2.88. The third-order valence-electron chi connectivity index (χ3n) is 2.46. The van der Waals surface area contributed by atoms with Gasteiger partial charge in [-0.05, 0) is 0 Å². The standard InChI is InChI=1S/C11H8FN3O5/c12-8-4-9(13-5-6-1-2-14-20-6)10(15(18)19)3-7(8)11(16)17/h1-4,13H,5H2,(H,16,17). The van der Waals surface area contributed by atoms with Crippen LogP contribution in [0, 0.1) is 15.9 Å². The largest absolute Gasteiger partial charge is 0.478 e. The van der Waals surface area contributed by atoms with Gasteiger partial charge in [-0.15, -0.1) is 0 Å². The van der Waals surface area contributed by atoms with Crippen LogP contribution in [0.15, 0.2) is 28.9 Å². The second-order valence-corrected chi connectivity index (χ2v) is 3.74. The summed E-state index contributed by atoms with van der Waals surface area (Å²) in [6.07, 6.45) is 1.39. The Hall–Kier alpha value is -2.97. The van der Waals surface area contributed by atoms with Crippen LogP contribution in [0.1, 0.15) is 16.1 Å². The first-order valence-electron chi connectivity index (χ1n) is 5.33. The maximum absolute atomic E-state index is 13.5. The topological polar surface area (TPSA) is 118 Å². The van der Waals surface area contributed by atoms with Gasteiger partial charge in [0.25, 0.3) is 5.69 Å². The number of anilines is 1. The normalized spacial score (nSPS) is 10.2. The molecule has 0 saturated carbocycles. The molecule has 1 heterocycles. The number of hydrogen-bond donors (Lipinski definition) is 2. The van der Waals surface area contributed by atoms with Crippen molar-refractivity contribution in [2.75, 3.05) is 5.32 Å². The van der Waals surface area contributed by atoms with Crippen LogP contribution < -0.4 is 5.32 Å². The van der Waals surface area contributed by atoms with Gasteiger partial charge < -0.3 is 14.9 Å². The predicted molar refractivity (Wildman–Crippen MR) is 63.8 cm³/mol. The smallest absolute Gasteiger partial charge is 0.338 e. The number of carboxylic acids is 1. The van der Waals surface area contributed by atoms with Gasteiger partial charge in [0.2, 0.25) is 0 Å². The van der Waals surface area contributed by atoms with Crippen LogP contribution in [-0.2, 0) is 6.54 Å². The molecule has 0 saturated heterocycles. The van der Waals surface area contributed by atoms with E-state index in [1.54, 1.807) is 0 Å². The molecule has 0 amide bonds. The maximum atomic E-state index is 13.5. The van der Waals surface area contributed by atoms with Crippen molar-refractivity contribution in [1.82, 2.24) is 5.16 Å². The molecule has 0 aliphatic rings. The Kier molecular flexibility index (Phi) is 3.60. The van der Waals surface area contributed by atoms with Gasteiger partial charge in [-0.25, -0.2) is 9.18 Å². The van der Waals surface area contributed by atoms with Gasteiger partial charge in [0.1, 0.15) is 17.1 Å². The number of aromatic nitrogens is 1. The molecule has 20 heavy (non-hydrogen) atoms. The highest BCUT2D eigenvalue weighted by atomic mass is 19.1. The van der Waals surface area contributed by atoms with Gasteiger partial charge in [-0.1, -0.05) is 5.16 Å². The zero-order chi connectivity index (χ0) is 14.7. The van der Waals surface area contributed by atoms with Crippen LogP contribution in [-0.4, -0.2) is 21.2 Å². The summed E-state index contributed by atoms with van der Waals surface area (Å²) < 4.78 is 18.3. The van der Waals surface area contributed by atoms with E-state index in [1.165, 1.54) is 12.3 Å². The number of halogens is 1. The molecule has 0 spiro atoms. The second kappa shape index (κ2) is 5.34. The Bertz CT molecular complexity index is 656. The summed E-state index contributed by atoms with van der Waals surface area (Å²) in [5, 5.41) is 25.7. The van der Waals surface area contributed by atoms with E-state index in [0.29, 0.717) is 11.8 Å². The summed E-state index contributed by atoms with van der Waals surface area (Å²) in [6, 6.07) is 2.96. The van der Waals surface area contributed by atoms with Crippen LogP contribution in [0.25, 0.3) is 0 Å². The van der Waals surface area contributed by atoms with Crippen molar-refractivity contribution in [3.63, 3.8) is 0 Å². The van der Waals surface area contributed by atoms with Crippen LogP contribution in [0.2, 0.25) is 0 Å². The van der Waals surface area contributed by atoms with Gasteiger partial charge in [0.15, 0.2) is 5.76 Å². The number of aromatic carboxylic acids is 1. The quantitative estimate of drug-likeness (QED) is 0.635. The molecule has 2 N–H and O–H groups in total. The first-order chi connectivity index (χ1) is 9.49. The summed E-state index contributed by atoms with van der Waals surface area (Å²) in [4.78, 5) is 20.8. The third kappa shape index (κ3) is 2.71. The summed E-state index contributed by atoms with van der Waals surface area (Å²) in [6.45, 7) is 0.0483. The van der Waals surface area contributed by atoms with Crippen molar-refractivity contribution in [3.05, 3.63) is 51.7 Å². The third-order valence-corrected chi connectivity index (χ3v) is 2.46. The lowest BCUT2D eigenvalue weighted by molar-refractivity contribution is -0.384. The van der Waals surface area contributed by atoms with Crippen molar-refractivity contribution >= 4 is 17.3 Å². The molecule has 0 aliphatic heterocycles. The van der Waals surface area contributed by atoms with Gasteiger partial charge in [-0.3, -0.25) is 10.1 Å². The van der Waals surface area contributed by atoms with Gasteiger partial charge in [-0.2, -0.15) is 0 Å². The van der Waals surface area contributed by atoms with Crippen LogP contribution >= 0.6 is 0 Å². The first kappa shape index (κ1) is 13.5. The molecule has 0 bridgehead atoms. The summed E-state index contributed by atoms with van der Waals surface area (Å²) in [5.74, 6) is -2.25. The molecular weight excluding hydrogens is 273 g/mol. The number of nitro benzene ring substituents is 1. The fourth-order valence-corrected chi connectivity index (χ4v) is 1.53. The maximum Gasteiger partial charge on any atom is 0.338 e. The van der Waals surface area contributed by atoms with E-state index < -0.39 is 28.0 Å². The van der Waals surface area contributed by atoms with E-state index in [0.717, 1.165) is 6.07 Å². The molecule has 8 nitrogen and oxygen atoms in total. The molecule has 0 atom stereocenters. The molecule has 2 aromatic rings. The number of nitrogens with one attached hydrogen (secondary N) is 1. The summed E-state index contributed by atoms with van der Waals surface area (Å²) in [7, 11) is 0. The number of carbonyl (C=O) groups is 1. The Balaban J connectivity index is 2.33. The molecule has 9 heteroatoms. The lowest BCUT2D eigenvalue weighted by atomic mass is 10.1. The summed E-state index contributed by atoms with van der Waals surface area (Å²) >= 11 is 0. The number of benzene rings is 1. The number of nitrogens with zero attached hydrogens (tertiary/aromatic N) is 2. The van der Waals surface area contributed by atoms with Crippen molar-refractivity contribution < 1.29 is 23.7 Å². The van der Waals surface area contributed by atoms with E-state index >= 15 is 0 Å². The van der Waals surface area contributed by atoms with Crippen LogP contribution in [0.5, 0.6) is 0 Å². The van der Waals surface area contributed by atoms with E-state index in [-0.39, 0.29) is 12.2 Å². The van der Waals surface area contributed by atoms with Gasteiger partial charge >= 0.3 is 5.97 Å². The van der Waals surface area contributed by atoms with Crippen LogP contribution in [0.3, 0.4) is 0 Å². The zero-order valence-corrected chi connectivity index (χ0v) is 9.87. The van der Waals surface area contributed by atoms with Crippen LogP contribution in [0.4, 0.5) is 15.8 Å². The highest BCUT2D eigenvalue weighted by Crippen LogP contribution is 2.28. The van der Waals surface area contributed by atoms with Crippen molar-refractivity contribution in [1.29, 1.82) is 0 Å². The molecular formula is C11H8FN3O5. The minimum Gasteiger partial charge on any atom is -0.478 e. The number of hydrogen-bond acceptors (Lipinski definition) is 6. The molecule has 1 aromatic carbocycles. The lowest BCUT2D eigenvalue weighted by Crippen LogP contribution is -2.07. The van der Waals surface area contributed by atoms with E-state index in [2.05, 4.69) is 10.5 Å². The Morgan fingerprint density at radius 3 is 2.85 bits per heavy atom. The van der Waals surface area contributed by atoms with Crippen molar-refractivity contribution in [2.45, 2.75) is 6.54 Å². The highest BCUT2D eigenvalue weighted by Gasteiger charge is 2.21. The second-order valence-electron chi connectivity index (χ2n) is 3.74. The first-order valence-corrected chi connectivity index (χ1v) is 5.33. The fourth-order valence-electron chi connectivity index (χ4n) is 1.53. The van der Waals surface area contributed by atoms with E-state index in [4.69, 9.17) is 9.63 Å². The Morgan fingerprint density at radius 1 is 1.55 bits per heavy atom. The minimum atomic E-state index is -1.58. The Labute approximate surface area is 111 Å².